The molecule has 0 saturated heterocycles. The van der Waals surface area contributed by atoms with Crippen LogP contribution < -0.4 is 0 Å². The third-order valence-electron chi connectivity index (χ3n) is 2.21. The zero-order valence-corrected chi connectivity index (χ0v) is 9.03. The van der Waals surface area contributed by atoms with Crippen LogP contribution in [0.15, 0.2) is 12.4 Å². The molecule has 1 aromatic rings. The Balaban J connectivity index is 2.29. The molecule has 4 heteroatoms. The van der Waals surface area contributed by atoms with Gasteiger partial charge in [0.05, 0.1) is 0 Å². The van der Waals surface area contributed by atoms with Crippen LogP contribution in [-0.4, -0.2) is 34.5 Å². The van der Waals surface area contributed by atoms with Crippen molar-refractivity contribution < 1.29 is 4.79 Å². The van der Waals surface area contributed by atoms with E-state index in [9.17, 15) is 4.79 Å². The molecule has 1 aromatic heterocycles. The van der Waals surface area contributed by atoms with Crippen LogP contribution >= 0.6 is 0 Å². The van der Waals surface area contributed by atoms with Gasteiger partial charge in [0.1, 0.15) is 5.82 Å². The van der Waals surface area contributed by atoms with E-state index in [1.54, 1.807) is 25.2 Å². The molecule has 0 atom stereocenters. The van der Waals surface area contributed by atoms with Gasteiger partial charge in [-0.05, 0) is 13.3 Å². The molecule has 0 aliphatic heterocycles. The Morgan fingerprint density at radius 2 is 2.29 bits per heavy atom. The van der Waals surface area contributed by atoms with Crippen molar-refractivity contribution in [2.75, 3.05) is 14.1 Å². The van der Waals surface area contributed by atoms with E-state index in [2.05, 4.69) is 9.55 Å². The van der Waals surface area contributed by atoms with Gasteiger partial charge < -0.3 is 9.47 Å². The highest BCUT2D eigenvalue weighted by Gasteiger charge is 2.03. The first kappa shape index (κ1) is 10.8. The summed E-state index contributed by atoms with van der Waals surface area (Å²) in [6.45, 7) is 2.83. The predicted molar refractivity (Wildman–Crippen MR) is 54.9 cm³/mol. The second-order valence-electron chi connectivity index (χ2n) is 3.56. The molecule has 0 spiro atoms. The summed E-state index contributed by atoms with van der Waals surface area (Å²) in [4.78, 5) is 17.0. The van der Waals surface area contributed by atoms with Gasteiger partial charge >= 0.3 is 0 Å². The lowest BCUT2D eigenvalue weighted by Gasteiger charge is -2.10. The van der Waals surface area contributed by atoms with E-state index in [1.165, 1.54) is 0 Å². The number of amides is 1. The fourth-order valence-electron chi connectivity index (χ4n) is 1.26. The van der Waals surface area contributed by atoms with Crippen molar-refractivity contribution in [3.8, 4) is 0 Å². The van der Waals surface area contributed by atoms with Gasteiger partial charge in [-0.3, -0.25) is 4.79 Å². The van der Waals surface area contributed by atoms with E-state index in [0.29, 0.717) is 6.42 Å². The van der Waals surface area contributed by atoms with E-state index in [0.717, 1.165) is 18.8 Å². The van der Waals surface area contributed by atoms with Gasteiger partial charge in [-0.1, -0.05) is 0 Å². The Hall–Kier alpha value is -1.32. The average Bonchev–Trinajstić information content (AvgIpc) is 2.51. The Morgan fingerprint density at radius 3 is 2.79 bits per heavy atom. The third-order valence-corrected chi connectivity index (χ3v) is 2.21. The number of carbonyl (C=O) groups excluding carboxylic acids is 1. The molecule has 0 fully saturated rings. The maximum absolute atomic E-state index is 11.3. The lowest BCUT2D eigenvalue weighted by molar-refractivity contribution is -0.128. The molecule has 0 bridgehead atoms. The predicted octanol–water partition coefficient (Wildman–Crippen LogP) is 1.06. The molecule has 1 heterocycles. The van der Waals surface area contributed by atoms with E-state index in [4.69, 9.17) is 0 Å². The number of nitrogens with zero attached hydrogens (tertiary/aromatic N) is 3. The highest BCUT2D eigenvalue weighted by atomic mass is 16.2. The molecule has 14 heavy (non-hydrogen) atoms. The number of hydrogen-bond donors (Lipinski definition) is 0. The van der Waals surface area contributed by atoms with Crippen LogP contribution in [0.25, 0.3) is 0 Å². The van der Waals surface area contributed by atoms with Crippen molar-refractivity contribution in [3.63, 3.8) is 0 Å². The maximum atomic E-state index is 11.3. The Labute approximate surface area is 84.5 Å². The van der Waals surface area contributed by atoms with Gasteiger partial charge in [0, 0.05) is 39.5 Å². The van der Waals surface area contributed by atoms with Crippen LogP contribution in [0.3, 0.4) is 0 Å². The molecule has 0 saturated carbocycles. The smallest absolute Gasteiger partial charge is 0.222 e. The summed E-state index contributed by atoms with van der Waals surface area (Å²) in [5, 5.41) is 0. The molecule has 1 amide bonds. The fraction of sp³-hybridized carbons (Fsp3) is 0.600. The number of aryl methyl sites for hydroxylation is 2. The zero-order chi connectivity index (χ0) is 10.6. The van der Waals surface area contributed by atoms with Crippen molar-refractivity contribution >= 4 is 5.91 Å². The molecule has 0 aromatic carbocycles. The molecule has 0 N–H and O–H groups in total. The zero-order valence-electron chi connectivity index (χ0n) is 9.03. The fourth-order valence-corrected chi connectivity index (χ4v) is 1.26. The van der Waals surface area contributed by atoms with Crippen LogP contribution in [0.1, 0.15) is 18.7 Å². The van der Waals surface area contributed by atoms with Crippen LogP contribution in [0.2, 0.25) is 0 Å². The third kappa shape index (κ3) is 2.87. The van der Waals surface area contributed by atoms with E-state index < -0.39 is 0 Å². The maximum Gasteiger partial charge on any atom is 0.222 e. The van der Waals surface area contributed by atoms with E-state index in [1.807, 2.05) is 13.1 Å². The minimum absolute atomic E-state index is 0.183. The summed E-state index contributed by atoms with van der Waals surface area (Å²) in [6.07, 6.45) is 5.19. The first-order valence-electron chi connectivity index (χ1n) is 4.79. The van der Waals surface area contributed by atoms with Crippen LogP contribution in [0, 0.1) is 6.92 Å². The second-order valence-corrected chi connectivity index (χ2v) is 3.56. The Bertz CT molecular complexity index is 304. The van der Waals surface area contributed by atoms with Crippen LogP contribution in [-0.2, 0) is 11.3 Å². The molecule has 4 nitrogen and oxygen atoms in total. The van der Waals surface area contributed by atoms with Crippen molar-refractivity contribution in [3.05, 3.63) is 18.2 Å². The molecule has 0 aliphatic carbocycles. The number of carbonyl (C=O) groups is 1. The molecular formula is C10H17N3O. The van der Waals surface area contributed by atoms with Crippen molar-refractivity contribution in [2.45, 2.75) is 26.3 Å². The molecule has 78 valence electrons. The summed E-state index contributed by atoms with van der Waals surface area (Å²) in [7, 11) is 3.57. The van der Waals surface area contributed by atoms with Gasteiger partial charge in [0.15, 0.2) is 0 Å². The normalized spacial score (nSPS) is 10.2. The largest absolute Gasteiger partial charge is 0.349 e. The Morgan fingerprint density at radius 1 is 1.57 bits per heavy atom. The summed E-state index contributed by atoms with van der Waals surface area (Å²) < 4.78 is 2.06. The Kier molecular flexibility index (Phi) is 3.68. The number of rotatable bonds is 4. The monoisotopic (exact) mass is 195 g/mol. The molecule has 0 unspecified atom stereocenters. The van der Waals surface area contributed by atoms with Gasteiger partial charge in [0.25, 0.3) is 0 Å². The van der Waals surface area contributed by atoms with Crippen LogP contribution in [0.5, 0.6) is 0 Å². The summed E-state index contributed by atoms with van der Waals surface area (Å²) in [5.41, 5.74) is 0. The standard InChI is InChI=1S/C10H17N3O/c1-9-11-6-8-13(9)7-4-5-10(14)12(2)3/h6,8H,4-5,7H2,1-3H3. The molecule has 0 aliphatic rings. The second kappa shape index (κ2) is 4.79. The van der Waals surface area contributed by atoms with Gasteiger partial charge in [-0.25, -0.2) is 4.98 Å². The molecule has 1 rings (SSSR count). The minimum atomic E-state index is 0.183. The first-order valence-corrected chi connectivity index (χ1v) is 4.79. The highest BCUT2D eigenvalue weighted by Crippen LogP contribution is 2.00. The topological polar surface area (TPSA) is 38.1 Å². The number of imidazole rings is 1. The van der Waals surface area contributed by atoms with Gasteiger partial charge in [-0.15, -0.1) is 0 Å². The van der Waals surface area contributed by atoms with Crippen LogP contribution in [0.4, 0.5) is 0 Å². The average molecular weight is 195 g/mol. The van der Waals surface area contributed by atoms with E-state index >= 15 is 0 Å². The van der Waals surface area contributed by atoms with E-state index in [-0.39, 0.29) is 5.91 Å². The summed E-state index contributed by atoms with van der Waals surface area (Å²) in [5.74, 6) is 1.19. The summed E-state index contributed by atoms with van der Waals surface area (Å²) >= 11 is 0. The minimum Gasteiger partial charge on any atom is -0.349 e. The van der Waals surface area contributed by atoms with Gasteiger partial charge in [-0.2, -0.15) is 0 Å². The van der Waals surface area contributed by atoms with Crippen molar-refractivity contribution in [2.24, 2.45) is 0 Å². The lowest BCUT2D eigenvalue weighted by atomic mass is 10.3. The van der Waals surface area contributed by atoms with Crippen molar-refractivity contribution in [1.29, 1.82) is 0 Å². The SMILES string of the molecule is Cc1nccn1CCCC(=O)N(C)C. The summed E-state index contributed by atoms with van der Waals surface area (Å²) in [6, 6.07) is 0. The first-order chi connectivity index (χ1) is 6.61. The number of hydrogen-bond acceptors (Lipinski definition) is 2. The molecule has 0 radical (unpaired) electrons. The van der Waals surface area contributed by atoms with Crippen molar-refractivity contribution in [1.82, 2.24) is 14.5 Å². The molecular weight excluding hydrogens is 178 g/mol. The highest BCUT2D eigenvalue weighted by molar-refractivity contribution is 5.75. The van der Waals surface area contributed by atoms with Gasteiger partial charge in [0.2, 0.25) is 5.91 Å². The quantitative estimate of drug-likeness (QED) is 0.720. The number of aromatic nitrogens is 2. The lowest BCUT2D eigenvalue weighted by Crippen LogP contribution is -2.21.